The van der Waals surface area contributed by atoms with Crippen LogP contribution in [0.2, 0.25) is 0 Å². The standard InChI is InChI=1S/2C17H31F2NO3S.2CO2/c2*1-9-23-13(21)17(18,19)16(8,20-24(22)15(5,6)7)12-10-11(12)14(2,3)4;2*2-1-3/h2*11-12,20H,9-10H2,1-8H3;;/t11-,12-,16+,24+;11-,12-,16-,24-;;/m01../s1. The Morgan fingerprint density at radius 1 is 0.556 bits per heavy atom. The van der Waals surface area contributed by atoms with E-state index in [0.717, 1.165) is 0 Å². The van der Waals surface area contributed by atoms with E-state index in [9.17, 15) is 35.6 Å². The van der Waals surface area contributed by atoms with Gasteiger partial charge in [0.15, 0.2) is 0 Å². The van der Waals surface area contributed by atoms with Gasteiger partial charge in [0.2, 0.25) is 0 Å². The van der Waals surface area contributed by atoms with Gasteiger partial charge in [-0.3, -0.25) is 0 Å². The van der Waals surface area contributed by atoms with Gasteiger partial charge in [0.25, 0.3) is 0 Å². The lowest BCUT2D eigenvalue weighted by molar-refractivity contribution is -0.193. The van der Waals surface area contributed by atoms with Gasteiger partial charge in [-0.1, -0.05) is 41.5 Å². The van der Waals surface area contributed by atoms with E-state index in [-0.39, 0.29) is 48.2 Å². The van der Waals surface area contributed by atoms with Crippen molar-refractivity contribution in [3.8, 4) is 0 Å². The average molecular weight is 823 g/mol. The van der Waals surface area contributed by atoms with Gasteiger partial charge in [-0.05, 0) is 117 Å². The van der Waals surface area contributed by atoms with E-state index in [1.807, 2.05) is 41.5 Å². The number of carbonyl (C=O) groups is 2. The van der Waals surface area contributed by atoms with Crippen LogP contribution in [-0.4, -0.2) is 78.3 Å². The Kier molecular flexibility index (Phi) is 19.6. The first-order valence-corrected chi connectivity index (χ1v) is 19.8. The molecule has 0 amide bonds. The molecule has 2 saturated carbocycles. The van der Waals surface area contributed by atoms with Gasteiger partial charge in [0, 0.05) is 0 Å². The number of rotatable bonds is 12. The Morgan fingerprint density at radius 3 is 0.926 bits per heavy atom. The third-order valence-electron chi connectivity index (χ3n) is 9.38. The summed E-state index contributed by atoms with van der Waals surface area (Å²) in [4.78, 5) is 56.3. The van der Waals surface area contributed by atoms with E-state index in [1.54, 1.807) is 41.5 Å². The monoisotopic (exact) mass is 822 g/mol. The van der Waals surface area contributed by atoms with E-state index < -0.39 is 78.2 Å². The van der Waals surface area contributed by atoms with Crippen LogP contribution in [0.5, 0.6) is 0 Å². The molecule has 2 aliphatic carbocycles. The molecular weight excluding hydrogens is 761 g/mol. The number of nitrogens with one attached hydrogen (secondary N) is 2. The maximum absolute atomic E-state index is 15.0. The maximum atomic E-state index is 15.0. The van der Waals surface area contributed by atoms with Crippen molar-refractivity contribution in [1.82, 2.24) is 9.44 Å². The molecule has 18 heteroatoms. The number of hydrogen-bond acceptors (Lipinski definition) is 10. The van der Waals surface area contributed by atoms with Gasteiger partial charge in [-0.15, -0.1) is 0 Å². The third-order valence-corrected chi connectivity index (χ3v) is 12.8. The maximum Gasteiger partial charge on any atom is 0.379 e. The Labute approximate surface area is 322 Å². The van der Waals surface area contributed by atoms with Gasteiger partial charge in [-0.2, -0.15) is 36.7 Å². The van der Waals surface area contributed by atoms with Crippen LogP contribution < -0.4 is 9.44 Å². The highest BCUT2D eigenvalue weighted by Crippen LogP contribution is 2.60. The third kappa shape index (κ3) is 14.0. The van der Waals surface area contributed by atoms with E-state index in [2.05, 4.69) is 18.9 Å². The van der Waals surface area contributed by atoms with E-state index in [4.69, 9.17) is 19.2 Å². The summed E-state index contributed by atoms with van der Waals surface area (Å²) >= 11 is 0. The molecule has 8 atom stereocenters. The molecule has 0 spiro atoms. The second kappa shape index (κ2) is 19.7. The molecule has 2 N–H and O–H groups in total. The summed E-state index contributed by atoms with van der Waals surface area (Å²) in [7, 11) is -3.47. The van der Waals surface area contributed by atoms with Crippen LogP contribution in [0.15, 0.2) is 0 Å². The second-order valence-electron chi connectivity index (χ2n) is 17.8. The lowest BCUT2D eigenvalue weighted by Gasteiger charge is -2.39. The molecule has 0 aromatic carbocycles. The van der Waals surface area contributed by atoms with Crippen molar-refractivity contribution in [2.24, 2.45) is 34.5 Å². The fourth-order valence-corrected chi connectivity index (χ4v) is 7.83. The summed E-state index contributed by atoms with van der Waals surface area (Å²) in [5.41, 5.74) is -4.17. The molecular formula is C36H62F4N2O10S2. The van der Waals surface area contributed by atoms with Crippen LogP contribution in [0, 0.1) is 34.5 Å². The number of halogens is 4. The Hall–Kier alpha value is -2.36. The summed E-state index contributed by atoms with van der Waals surface area (Å²) in [6.07, 6.45) is 1.62. The number of ether oxygens (including phenoxy) is 2. The molecule has 0 saturated heterocycles. The largest absolute Gasteiger partial charge is 0.462 e. The summed E-state index contributed by atoms with van der Waals surface area (Å²) in [5.74, 6) is -11.5. The highest BCUT2D eigenvalue weighted by Gasteiger charge is 2.70. The summed E-state index contributed by atoms with van der Waals surface area (Å²) in [5, 5.41) is 0. The van der Waals surface area contributed by atoms with Crippen molar-refractivity contribution >= 4 is 46.2 Å². The molecule has 2 fully saturated rings. The molecule has 0 aromatic heterocycles. The zero-order valence-corrected chi connectivity index (χ0v) is 36.2. The Morgan fingerprint density at radius 2 is 0.778 bits per heavy atom. The van der Waals surface area contributed by atoms with Crippen molar-refractivity contribution in [2.75, 3.05) is 13.2 Å². The van der Waals surface area contributed by atoms with Gasteiger partial charge >= 0.3 is 36.1 Å². The molecule has 12 nitrogen and oxygen atoms in total. The van der Waals surface area contributed by atoms with Crippen molar-refractivity contribution in [2.45, 2.75) is 156 Å². The van der Waals surface area contributed by atoms with Crippen LogP contribution in [0.25, 0.3) is 0 Å². The van der Waals surface area contributed by atoms with Gasteiger partial charge < -0.3 is 9.47 Å². The highest BCUT2D eigenvalue weighted by molar-refractivity contribution is 7.84. The first-order valence-electron chi connectivity index (χ1n) is 17.5. The van der Waals surface area contributed by atoms with Crippen LogP contribution in [-0.2, 0) is 60.2 Å². The van der Waals surface area contributed by atoms with Crippen molar-refractivity contribution in [1.29, 1.82) is 0 Å². The van der Waals surface area contributed by atoms with Gasteiger partial charge in [-0.25, -0.2) is 27.5 Å². The quantitative estimate of drug-likeness (QED) is 0.170. The van der Waals surface area contributed by atoms with Gasteiger partial charge in [0.05, 0.1) is 44.7 Å². The average Bonchev–Trinajstić information content (AvgIpc) is 3.89. The molecule has 316 valence electrons. The van der Waals surface area contributed by atoms with Crippen molar-refractivity contribution in [3.05, 3.63) is 0 Å². The second-order valence-corrected chi connectivity index (χ2v) is 21.7. The lowest BCUT2D eigenvalue weighted by Crippen LogP contribution is -2.64. The zero-order valence-electron chi connectivity index (χ0n) is 34.5. The minimum Gasteiger partial charge on any atom is -0.462 e. The normalized spacial score (nSPS) is 23.2. The molecule has 0 bridgehead atoms. The van der Waals surface area contributed by atoms with Crippen LogP contribution in [0.1, 0.15) is 124 Å². The predicted octanol–water partition coefficient (Wildman–Crippen LogP) is 6.19. The molecule has 0 aliphatic heterocycles. The molecule has 0 unspecified atom stereocenters. The fraction of sp³-hybridized carbons (Fsp3) is 0.889. The number of alkyl halides is 4. The van der Waals surface area contributed by atoms with E-state index in [0.29, 0.717) is 12.8 Å². The number of carbonyl (C=O) groups excluding carboxylic acids is 6. The summed E-state index contributed by atoms with van der Waals surface area (Å²) < 4.78 is 97.9. The fourth-order valence-electron chi connectivity index (χ4n) is 5.88. The molecule has 54 heavy (non-hydrogen) atoms. The van der Waals surface area contributed by atoms with E-state index in [1.165, 1.54) is 27.7 Å². The zero-order chi connectivity index (χ0) is 43.7. The van der Waals surface area contributed by atoms with Crippen LogP contribution in [0.3, 0.4) is 0 Å². The van der Waals surface area contributed by atoms with Crippen molar-refractivity contribution < 1.29 is 64.2 Å². The van der Waals surface area contributed by atoms with Crippen LogP contribution in [0.4, 0.5) is 17.6 Å². The summed E-state index contributed by atoms with van der Waals surface area (Å²) in [6.45, 7) is 27.5. The number of esters is 2. The van der Waals surface area contributed by atoms with Gasteiger partial charge in [0.1, 0.15) is 11.1 Å². The highest BCUT2D eigenvalue weighted by atomic mass is 32.2. The minimum atomic E-state index is -3.77. The summed E-state index contributed by atoms with van der Waals surface area (Å²) in [6, 6.07) is 0. The molecule has 0 heterocycles. The molecule has 0 aromatic rings. The first-order chi connectivity index (χ1) is 24.0. The van der Waals surface area contributed by atoms with E-state index >= 15 is 0 Å². The SMILES string of the molecule is CCOC(=O)C(F)(F)[C@](C)(N[S@](=O)C(C)(C)C)[C@@H]1C[C@H]1C(C)(C)C.CCOC(=O)C(F)(F)[C@](C)(N[S@](=O)C(C)(C)C)[C@H]1C[C@@H]1C(C)(C)C.O=C=O.O=C=O. The first kappa shape index (κ1) is 53.7. The smallest absolute Gasteiger partial charge is 0.379 e. The van der Waals surface area contributed by atoms with Crippen molar-refractivity contribution in [3.63, 3.8) is 0 Å². The van der Waals surface area contributed by atoms with Crippen LogP contribution >= 0.6 is 0 Å². The molecule has 2 rings (SSSR count). The topological polar surface area (TPSA) is 179 Å². The Balaban J connectivity index is 0. The number of hydrogen-bond donors (Lipinski definition) is 2. The molecule has 2 aliphatic rings. The predicted molar refractivity (Wildman–Crippen MR) is 194 cm³/mol. The lowest BCUT2D eigenvalue weighted by atomic mass is 9.81. The minimum absolute atomic E-state index is 0.0206. The molecule has 0 radical (unpaired) electrons. The Bertz CT molecular complexity index is 1290.